The monoisotopic (exact) mass is 228 g/mol. The molecule has 0 heterocycles. The summed E-state index contributed by atoms with van der Waals surface area (Å²) in [7, 11) is 0. The van der Waals surface area contributed by atoms with Gasteiger partial charge in [-0.05, 0) is 55.4 Å². The minimum absolute atomic E-state index is 0.379. The zero-order chi connectivity index (χ0) is 11.5. The maximum absolute atomic E-state index is 11.0. The van der Waals surface area contributed by atoms with Crippen LogP contribution in [0.2, 0.25) is 0 Å². The second-order valence-corrected chi connectivity index (χ2v) is 6.60. The van der Waals surface area contributed by atoms with Crippen molar-refractivity contribution in [3.63, 3.8) is 0 Å². The highest BCUT2D eigenvalue weighted by Crippen LogP contribution is 2.61. The molecule has 4 bridgehead atoms. The largest absolute Gasteiger partial charge is 0.389 e. The Kier molecular flexibility index (Phi) is 2.00. The van der Waals surface area contributed by atoms with Crippen LogP contribution < -0.4 is 0 Å². The summed E-state index contributed by atoms with van der Waals surface area (Å²) in [6, 6.07) is 10.7. The molecule has 0 aliphatic heterocycles. The summed E-state index contributed by atoms with van der Waals surface area (Å²) in [5, 5.41) is 11.0. The number of hydrogen-bond donors (Lipinski definition) is 1. The van der Waals surface area contributed by atoms with Gasteiger partial charge < -0.3 is 5.11 Å². The van der Waals surface area contributed by atoms with E-state index in [4.69, 9.17) is 0 Å². The van der Waals surface area contributed by atoms with Crippen molar-refractivity contribution in [2.45, 2.75) is 43.6 Å². The number of rotatable bonds is 1. The van der Waals surface area contributed by atoms with E-state index in [1.807, 2.05) is 0 Å². The predicted molar refractivity (Wildman–Crippen MR) is 67.7 cm³/mol. The lowest BCUT2D eigenvalue weighted by atomic mass is 9.48. The van der Waals surface area contributed by atoms with E-state index >= 15 is 0 Å². The van der Waals surface area contributed by atoms with Gasteiger partial charge in [-0.25, -0.2) is 0 Å². The molecule has 1 nitrogen and oxygen atoms in total. The summed E-state index contributed by atoms with van der Waals surface area (Å²) in [5.41, 5.74) is 0.995. The first-order valence-corrected chi connectivity index (χ1v) is 7.02. The molecule has 90 valence electrons. The molecular formula is C16H20O. The minimum Gasteiger partial charge on any atom is -0.389 e. The van der Waals surface area contributed by atoms with Crippen LogP contribution in [0.1, 0.15) is 43.6 Å². The van der Waals surface area contributed by atoms with Crippen LogP contribution in [0.15, 0.2) is 30.3 Å². The minimum atomic E-state index is -0.379. The molecule has 3 unspecified atom stereocenters. The van der Waals surface area contributed by atoms with Gasteiger partial charge in [0.15, 0.2) is 0 Å². The first kappa shape index (κ1) is 10.1. The Balaban J connectivity index is 1.76. The van der Waals surface area contributed by atoms with E-state index in [9.17, 15) is 5.11 Å². The van der Waals surface area contributed by atoms with Crippen LogP contribution in [0.3, 0.4) is 0 Å². The molecule has 4 aliphatic rings. The third-order valence-corrected chi connectivity index (χ3v) is 5.43. The molecule has 4 saturated carbocycles. The molecule has 17 heavy (non-hydrogen) atoms. The summed E-state index contributed by atoms with van der Waals surface area (Å²) >= 11 is 0. The number of benzene rings is 1. The van der Waals surface area contributed by atoms with Crippen LogP contribution in [0.25, 0.3) is 0 Å². The Hall–Kier alpha value is -0.820. The van der Waals surface area contributed by atoms with Gasteiger partial charge in [-0.3, -0.25) is 0 Å². The maximum atomic E-state index is 11.0. The van der Waals surface area contributed by atoms with Crippen molar-refractivity contribution in [2.24, 2.45) is 17.8 Å². The van der Waals surface area contributed by atoms with Gasteiger partial charge in [0.25, 0.3) is 0 Å². The predicted octanol–water partition coefficient (Wildman–Crippen LogP) is 3.34. The van der Waals surface area contributed by atoms with Crippen molar-refractivity contribution in [3.05, 3.63) is 35.9 Å². The van der Waals surface area contributed by atoms with Gasteiger partial charge in [-0.2, -0.15) is 0 Å². The molecule has 0 radical (unpaired) electrons. The van der Waals surface area contributed by atoms with Crippen molar-refractivity contribution in [1.29, 1.82) is 0 Å². The SMILES string of the molecule is OC12CC3CC(CC(C3)C1c1ccccc1)C2. The second-order valence-electron chi connectivity index (χ2n) is 6.60. The lowest BCUT2D eigenvalue weighted by Crippen LogP contribution is -2.55. The van der Waals surface area contributed by atoms with Crippen molar-refractivity contribution < 1.29 is 5.11 Å². The Bertz CT molecular complexity index is 410. The highest BCUT2D eigenvalue weighted by atomic mass is 16.3. The second kappa shape index (κ2) is 3.35. The fraction of sp³-hybridized carbons (Fsp3) is 0.625. The fourth-order valence-electron chi connectivity index (χ4n) is 5.24. The van der Waals surface area contributed by atoms with Crippen LogP contribution in [0.4, 0.5) is 0 Å². The molecule has 1 N–H and O–H groups in total. The topological polar surface area (TPSA) is 20.2 Å². The molecule has 1 heteroatoms. The third-order valence-electron chi connectivity index (χ3n) is 5.43. The van der Waals surface area contributed by atoms with Crippen LogP contribution in [0.5, 0.6) is 0 Å². The third kappa shape index (κ3) is 1.41. The molecule has 0 spiro atoms. The van der Waals surface area contributed by atoms with E-state index < -0.39 is 0 Å². The van der Waals surface area contributed by atoms with Crippen molar-refractivity contribution in [1.82, 2.24) is 0 Å². The molecule has 0 saturated heterocycles. The van der Waals surface area contributed by atoms with Crippen LogP contribution in [-0.4, -0.2) is 10.7 Å². The summed E-state index contributed by atoms with van der Waals surface area (Å²) in [5.74, 6) is 2.79. The lowest BCUT2D eigenvalue weighted by Gasteiger charge is -2.59. The van der Waals surface area contributed by atoms with E-state index in [1.54, 1.807) is 0 Å². The smallest absolute Gasteiger partial charge is 0.0723 e. The standard InChI is InChI=1S/C16H20O/c17-16-9-11-6-12(10-16)8-14(7-11)15(16)13-4-2-1-3-5-13/h1-5,11-12,14-15,17H,6-10H2. The zero-order valence-corrected chi connectivity index (χ0v) is 10.2. The van der Waals surface area contributed by atoms with E-state index in [0.29, 0.717) is 5.92 Å². The summed E-state index contributed by atoms with van der Waals surface area (Å²) < 4.78 is 0. The lowest BCUT2D eigenvalue weighted by molar-refractivity contribution is -0.143. The Morgan fingerprint density at radius 3 is 2.18 bits per heavy atom. The number of aliphatic hydroxyl groups is 1. The van der Waals surface area contributed by atoms with Crippen molar-refractivity contribution >= 4 is 0 Å². The molecule has 0 amide bonds. The maximum Gasteiger partial charge on any atom is 0.0723 e. The fourth-order valence-corrected chi connectivity index (χ4v) is 5.24. The van der Waals surface area contributed by atoms with Gasteiger partial charge in [0, 0.05) is 5.92 Å². The van der Waals surface area contributed by atoms with Gasteiger partial charge in [-0.1, -0.05) is 30.3 Å². The van der Waals surface area contributed by atoms with Crippen molar-refractivity contribution in [2.75, 3.05) is 0 Å². The molecule has 3 atom stereocenters. The van der Waals surface area contributed by atoms with Gasteiger partial charge >= 0.3 is 0 Å². The summed E-state index contributed by atoms with van der Waals surface area (Å²) in [6.07, 6.45) is 6.22. The quantitative estimate of drug-likeness (QED) is 0.781. The number of hydrogen-bond acceptors (Lipinski definition) is 1. The Morgan fingerprint density at radius 2 is 1.59 bits per heavy atom. The Labute approximate surface area is 103 Å². The summed E-state index contributed by atoms with van der Waals surface area (Å²) in [4.78, 5) is 0. The van der Waals surface area contributed by atoms with Crippen LogP contribution >= 0.6 is 0 Å². The first-order chi connectivity index (χ1) is 8.24. The summed E-state index contributed by atoms with van der Waals surface area (Å²) in [6.45, 7) is 0. The molecule has 1 aromatic carbocycles. The Morgan fingerprint density at radius 1 is 0.941 bits per heavy atom. The first-order valence-electron chi connectivity index (χ1n) is 7.02. The van der Waals surface area contributed by atoms with E-state index in [1.165, 1.54) is 24.8 Å². The van der Waals surface area contributed by atoms with Gasteiger partial charge in [0.2, 0.25) is 0 Å². The molecular weight excluding hydrogens is 208 g/mol. The van der Waals surface area contributed by atoms with Gasteiger partial charge in [-0.15, -0.1) is 0 Å². The van der Waals surface area contributed by atoms with E-state index in [0.717, 1.165) is 30.6 Å². The molecule has 5 rings (SSSR count). The van der Waals surface area contributed by atoms with Crippen molar-refractivity contribution in [3.8, 4) is 0 Å². The molecule has 4 aliphatic carbocycles. The van der Waals surface area contributed by atoms with E-state index in [2.05, 4.69) is 30.3 Å². The molecule has 4 fully saturated rings. The van der Waals surface area contributed by atoms with Gasteiger partial charge in [0.05, 0.1) is 5.60 Å². The normalized spacial score (nSPS) is 47.4. The molecule has 1 aromatic rings. The van der Waals surface area contributed by atoms with Crippen LogP contribution in [0, 0.1) is 17.8 Å². The van der Waals surface area contributed by atoms with Crippen LogP contribution in [-0.2, 0) is 0 Å². The average molecular weight is 228 g/mol. The van der Waals surface area contributed by atoms with Gasteiger partial charge in [0.1, 0.15) is 0 Å². The zero-order valence-electron chi connectivity index (χ0n) is 10.2. The average Bonchev–Trinajstić information content (AvgIpc) is 2.27. The highest BCUT2D eigenvalue weighted by molar-refractivity contribution is 5.27. The molecule has 0 aromatic heterocycles. The highest BCUT2D eigenvalue weighted by Gasteiger charge is 2.56. The van der Waals surface area contributed by atoms with E-state index in [-0.39, 0.29) is 5.60 Å².